The second kappa shape index (κ2) is 7.92. The number of para-hydroxylation sites is 1. The van der Waals surface area contributed by atoms with E-state index in [0.29, 0.717) is 11.3 Å². The number of aryl methyl sites for hydroxylation is 1. The fraction of sp³-hybridized carbons (Fsp3) is 0.167. The van der Waals surface area contributed by atoms with Crippen molar-refractivity contribution in [3.63, 3.8) is 0 Å². The van der Waals surface area contributed by atoms with Gasteiger partial charge in [-0.1, -0.05) is 29.8 Å². The molecule has 0 aromatic heterocycles. The molecule has 6 heteroatoms. The number of carboxylic acids is 1. The number of benzene rings is 2. The molecular formula is C18H18N2O4. The van der Waals surface area contributed by atoms with Gasteiger partial charge < -0.3 is 15.7 Å². The van der Waals surface area contributed by atoms with Gasteiger partial charge in [0.1, 0.15) is 0 Å². The van der Waals surface area contributed by atoms with E-state index in [2.05, 4.69) is 10.6 Å². The molecule has 3 N–H and O–H groups in total. The molecule has 0 aliphatic carbocycles. The highest BCUT2D eigenvalue weighted by Gasteiger charge is 2.14. The molecule has 0 aliphatic rings. The Balaban J connectivity index is 2.10. The minimum Gasteiger partial charge on any atom is -0.481 e. The summed E-state index contributed by atoms with van der Waals surface area (Å²) in [5, 5.41) is 13.8. The topological polar surface area (TPSA) is 95.5 Å². The highest BCUT2D eigenvalue weighted by molar-refractivity contribution is 6.09. The largest absolute Gasteiger partial charge is 0.481 e. The van der Waals surface area contributed by atoms with E-state index in [4.69, 9.17) is 5.11 Å². The van der Waals surface area contributed by atoms with Crippen molar-refractivity contribution in [1.29, 1.82) is 0 Å². The van der Waals surface area contributed by atoms with Gasteiger partial charge in [0.15, 0.2) is 0 Å². The SMILES string of the molecule is Cc1ccc(C(=O)Nc2ccccc2C(=O)NCCC(=O)O)cc1. The number of anilines is 1. The lowest BCUT2D eigenvalue weighted by atomic mass is 10.1. The van der Waals surface area contributed by atoms with E-state index in [1.54, 1.807) is 36.4 Å². The zero-order valence-electron chi connectivity index (χ0n) is 13.2. The predicted octanol–water partition coefficient (Wildman–Crippen LogP) is 2.45. The predicted molar refractivity (Wildman–Crippen MR) is 90.2 cm³/mol. The maximum Gasteiger partial charge on any atom is 0.305 e. The third-order valence-electron chi connectivity index (χ3n) is 3.36. The molecule has 0 saturated carbocycles. The molecule has 0 heterocycles. The van der Waals surface area contributed by atoms with Gasteiger partial charge >= 0.3 is 5.97 Å². The summed E-state index contributed by atoms with van der Waals surface area (Å²) >= 11 is 0. The molecular weight excluding hydrogens is 308 g/mol. The Kier molecular flexibility index (Phi) is 5.68. The smallest absolute Gasteiger partial charge is 0.305 e. The van der Waals surface area contributed by atoms with Crippen molar-refractivity contribution >= 4 is 23.5 Å². The molecule has 0 fully saturated rings. The van der Waals surface area contributed by atoms with Crippen molar-refractivity contribution in [2.45, 2.75) is 13.3 Å². The molecule has 6 nitrogen and oxygen atoms in total. The lowest BCUT2D eigenvalue weighted by molar-refractivity contribution is -0.136. The average Bonchev–Trinajstić information content (AvgIpc) is 2.55. The second-order valence-electron chi connectivity index (χ2n) is 5.27. The molecule has 24 heavy (non-hydrogen) atoms. The third-order valence-corrected chi connectivity index (χ3v) is 3.36. The van der Waals surface area contributed by atoms with Crippen LogP contribution in [-0.4, -0.2) is 29.4 Å². The zero-order valence-corrected chi connectivity index (χ0v) is 13.2. The van der Waals surface area contributed by atoms with Gasteiger partial charge in [0.2, 0.25) is 0 Å². The van der Waals surface area contributed by atoms with Crippen LogP contribution in [0, 0.1) is 6.92 Å². The number of hydrogen-bond donors (Lipinski definition) is 3. The fourth-order valence-corrected chi connectivity index (χ4v) is 2.07. The van der Waals surface area contributed by atoms with Gasteiger partial charge in [-0.05, 0) is 31.2 Å². The first kappa shape index (κ1) is 17.2. The Morgan fingerprint density at radius 3 is 2.29 bits per heavy atom. The monoisotopic (exact) mass is 326 g/mol. The van der Waals surface area contributed by atoms with Crippen LogP contribution in [-0.2, 0) is 4.79 Å². The molecule has 2 aromatic carbocycles. The molecule has 0 atom stereocenters. The van der Waals surface area contributed by atoms with Crippen molar-refractivity contribution in [1.82, 2.24) is 5.32 Å². The summed E-state index contributed by atoms with van der Waals surface area (Å²) in [6.07, 6.45) is -0.163. The first-order chi connectivity index (χ1) is 11.5. The van der Waals surface area contributed by atoms with Crippen LogP contribution >= 0.6 is 0 Å². The van der Waals surface area contributed by atoms with E-state index in [1.165, 1.54) is 0 Å². The van der Waals surface area contributed by atoms with Gasteiger partial charge in [0, 0.05) is 12.1 Å². The highest BCUT2D eigenvalue weighted by Crippen LogP contribution is 2.16. The van der Waals surface area contributed by atoms with Crippen LogP contribution in [0.15, 0.2) is 48.5 Å². The van der Waals surface area contributed by atoms with Crippen LogP contribution in [0.1, 0.15) is 32.7 Å². The van der Waals surface area contributed by atoms with Gasteiger partial charge in [0.05, 0.1) is 17.7 Å². The van der Waals surface area contributed by atoms with E-state index in [0.717, 1.165) is 5.56 Å². The van der Waals surface area contributed by atoms with E-state index in [-0.39, 0.29) is 24.4 Å². The number of carboxylic acid groups (broad SMARTS) is 1. The summed E-state index contributed by atoms with van der Waals surface area (Å²) in [4.78, 5) is 34.9. The van der Waals surface area contributed by atoms with Gasteiger partial charge in [-0.2, -0.15) is 0 Å². The molecule has 0 aliphatic heterocycles. The summed E-state index contributed by atoms with van der Waals surface area (Å²) in [6.45, 7) is 1.95. The lowest BCUT2D eigenvalue weighted by Gasteiger charge is -2.11. The minimum absolute atomic E-state index is 0.0222. The van der Waals surface area contributed by atoms with Crippen LogP contribution < -0.4 is 10.6 Å². The van der Waals surface area contributed by atoms with Crippen molar-refractivity contribution in [3.05, 3.63) is 65.2 Å². The van der Waals surface area contributed by atoms with Crippen LogP contribution in [0.2, 0.25) is 0 Å². The van der Waals surface area contributed by atoms with E-state index >= 15 is 0 Å². The number of carbonyl (C=O) groups is 3. The molecule has 2 aromatic rings. The third kappa shape index (κ3) is 4.67. The number of amides is 2. The van der Waals surface area contributed by atoms with E-state index in [1.807, 2.05) is 19.1 Å². The van der Waals surface area contributed by atoms with Crippen molar-refractivity contribution in [3.8, 4) is 0 Å². The van der Waals surface area contributed by atoms with Crippen LogP contribution in [0.3, 0.4) is 0 Å². The summed E-state index contributed by atoms with van der Waals surface area (Å²) < 4.78 is 0. The van der Waals surface area contributed by atoms with Crippen molar-refractivity contribution in [2.24, 2.45) is 0 Å². The Morgan fingerprint density at radius 2 is 1.62 bits per heavy atom. The van der Waals surface area contributed by atoms with Gasteiger partial charge in [-0.15, -0.1) is 0 Å². The minimum atomic E-state index is -0.990. The zero-order chi connectivity index (χ0) is 17.5. The highest BCUT2D eigenvalue weighted by atomic mass is 16.4. The normalized spacial score (nSPS) is 10.0. The van der Waals surface area contributed by atoms with E-state index in [9.17, 15) is 14.4 Å². The summed E-state index contributed by atoms with van der Waals surface area (Å²) in [5.74, 6) is -1.74. The van der Waals surface area contributed by atoms with Gasteiger partial charge in [-0.3, -0.25) is 14.4 Å². The van der Waals surface area contributed by atoms with Crippen LogP contribution in [0.5, 0.6) is 0 Å². The lowest BCUT2D eigenvalue weighted by Crippen LogP contribution is -2.27. The second-order valence-corrected chi connectivity index (χ2v) is 5.27. The average molecular weight is 326 g/mol. The Morgan fingerprint density at radius 1 is 0.958 bits per heavy atom. The van der Waals surface area contributed by atoms with Crippen molar-refractivity contribution < 1.29 is 19.5 Å². The van der Waals surface area contributed by atoms with Crippen molar-refractivity contribution in [2.75, 3.05) is 11.9 Å². The maximum atomic E-state index is 12.3. The summed E-state index contributed by atoms with van der Waals surface area (Å²) in [7, 11) is 0. The molecule has 0 spiro atoms. The van der Waals surface area contributed by atoms with Gasteiger partial charge in [0.25, 0.3) is 11.8 Å². The number of hydrogen-bond acceptors (Lipinski definition) is 3. The maximum absolute atomic E-state index is 12.3. The van der Waals surface area contributed by atoms with E-state index < -0.39 is 11.9 Å². The number of nitrogens with one attached hydrogen (secondary N) is 2. The Labute approximate surface area is 139 Å². The molecule has 0 radical (unpaired) electrons. The first-order valence-electron chi connectivity index (χ1n) is 7.44. The quantitative estimate of drug-likeness (QED) is 0.760. The number of aliphatic carboxylic acids is 1. The Hall–Kier alpha value is -3.15. The Bertz CT molecular complexity index is 754. The molecule has 0 bridgehead atoms. The fourth-order valence-electron chi connectivity index (χ4n) is 2.07. The molecule has 0 saturated heterocycles. The number of rotatable bonds is 6. The molecule has 2 amide bonds. The summed E-state index contributed by atoms with van der Waals surface area (Å²) in [6, 6.07) is 13.7. The molecule has 0 unspecified atom stereocenters. The van der Waals surface area contributed by atoms with Gasteiger partial charge in [-0.25, -0.2) is 0 Å². The van der Waals surface area contributed by atoms with Crippen LogP contribution in [0.4, 0.5) is 5.69 Å². The molecule has 2 rings (SSSR count). The summed E-state index contributed by atoms with van der Waals surface area (Å²) in [5.41, 5.74) is 2.19. The molecule has 124 valence electrons. The number of carbonyl (C=O) groups excluding carboxylic acids is 2. The standard InChI is InChI=1S/C18H18N2O4/c1-12-6-8-13(9-7-12)17(23)20-15-5-3-2-4-14(15)18(24)19-11-10-16(21)22/h2-9H,10-11H2,1H3,(H,19,24)(H,20,23)(H,21,22). The van der Waals surface area contributed by atoms with Crippen LogP contribution in [0.25, 0.3) is 0 Å². The first-order valence-corrected chi connectivity index (χ1v) is 7.44.